The van der Waals surface area contributed by atoms with Gasteiger partial charge in [-0.05, 0) is 59.9 Å². The van der Waals surface area contributed by atoms with Gasteiger partial charge in [0, 0.05) is 37.6 Å². The predicted octanol–water partition coefficient (Wildman–Crippen LogP) is 3.72. The number of fused-ring (bicyclic) bond motifs is 1. The van der Waals surface area contributed by atoms with Crippen LogP contribution in [0, 0.1) is 11.3 Å². The Balaban J connectivity index is 1.19. The molecule has 0 aliphatic carbocycles. The number of rotatable bonds is 13. The molecule has 5 N–H and O–H groups in total. The lowest BCUT2D eigenvalue weighted by Gasteiger charge is -2.40. The van der Waals surface area contributed by atoms with E-state index in [0.29, 0.717) is 37.5 Å². The highest BCUT2D eigenvalue weighted by Gasteiger charge is 2.40. The number of benzene rings is 3. The Morgan fingerprint density at radius 1 is 1.06 bits per heavy atom. The van der Waals surface area contributed by atoms with Gasteiger partial charge in [0.25, 0.3) is 0 Å². The van der Waals surface area contributed by atoms with Crippen LogP contribution in [-0.2, 0) is 27.2 Å². The molecule has 11 nitrogen and oxygen atoms in total. The average Bonchev–Trinajstić information content (AvgIpc) is 3.67. The molecule has 12 heteroatoms. The fourth-order valence-corrected chi connectivity index (χ4v) is 7.89. The first kappa shape index (κ1) is 35.0. The molecule has 3 heterocycles. The van der Waals surface area contributed by atoms with E-state index < -0.39 is 24.1 Å². The number of nitrogens with zero attached hydrogens (tertiary/aromatic N) is 4. The smallest absolute Gasteiger partial charge is 0.246 e. The van der Waals surface area contributed by atoms with Crippen LogP contribution < -0.4 is 11.1 Å². The molecule has 0 spiro atoms. The highest BCUT2D eigenvalue weighted by atomic mass is 32.1. The molecule has 1 unspecified atom stereocenters. The van der Waals surface area contributed by atoms with Crippen LogP contribution in [0.4, 0.5) is 0 Å². The Bertz CT molecular complexity index is 1790. The lowest BCUT2D eigenvalue weighted by atomic mass is 9.89. The number of likely N-dealkylation sites (tertiary alicyclic amines) is 1. The fourth-order valence-electron chi connectivity index (χ4n) is 7.20. The van der Waals surface area contributed by atoms with Gasteiger partial charge in [-0.2, -0.15) is 0 Å². The molecule has 2 aliphatic rings. The summed E-state index contributed by atoms with van der Waals surface area (Å²) in [4.78, 5) is 50.9. The van der Waals surface area contributed by atoms with Crippen molar-refractivity contribution in [3.8, 4) is 0 Å². The number of aromatic nitrogens is 1. The number of thiazole rings is 1. The van der Waals surface area contributed by atoms with Crippen molar-refractivity contribution in [3.63, 3.8) is 0 Å². The summed E-state index contributed by atoms with van der Waals surface area (Å²) in [7, 11) is 0. The van der Waals surface area contributed by atoms with E-state index >= 15 is 0 Å². The number of nitrogens with two attached hydrogens (primary N) is 1. The van der Waals surface area contributed by atoms with Crippen molar-refractivity contribution in [1.82, 2.24) is 25.0 Å². The predicted molar refractivity (Wildman–Crippen MR) is 194 cm³/mol. The van der Waals surface area contributed by atoms with Crippen molar-refractivity contribution >= 4 is 45.8 Å². The number of nitrogens with one attached hydrogen (secondary N) is 2. The molecule has 3 amide bonds. The summed E-state index contributed by atoms with van der Waals surface area (Å²) in [5.74, 6) is -0.824. The number of hydrogen-bond acceptors (Lipinski definition) is 7. The summed E-state index contributed by atoms with van der Waals surface area (Å²) in [6.45, 7) is 1.29. The third-order valence-corrected chi connectivity index (χ3v) is 10.6. The standard InChI is InChI=1S/C38H45N7O4S/c39-38(40)44-18-7-11-28(23-44)21-31(35(48)36-41-16-19-50-36)42-33(46)24-45-32(22-27-14-15-29-12-4-5-13-30(29)20-27)37(49)43(25-34(45)47)17-6-10-26-8-2-1-3-9-26/h1-5,8-9,12-16,19-20,28,31-32,35,48H,6-7,10-11,17-18,21-25H2,(H3,39,40)(H,42,46)/t28-,31-,32+,35?/m0/s1. The summed E-state index contributed by atoms with van der Waals surface area (Å²) in [6, 6.07) is 22.5. The number of guanidine groups is 1. The lowest BCUT2D eigenvalue weighted by molar-refractivity contribution is -0.157. The number of carbonyl (C=O) groups is 3. The van der Waals surface area contributed by atoms with E-state index in [-0.39, 0.29) is 43.2 Å². The topological polar surface area (TPSA) is 156 Å². The monoisotopic (exact) mass is 695 g/mol. The molecule has 262 valence electrons. The van der Waals surface area contributed by atoms with Crippen LogP contribution in [0.1, 0.15) is 47.9 Å². The van der Waals surface area contributed by atoms with Crippen LogP contribution in [0.25, 0.3) is 10.8 Å². The van der Waals surface area contributed by atoms with Gasteiger partial charge in [0.15, 0.2) is 5.96 Å². The highest BCUT2D eigenvalue weighted by molar-refractivity contribution is 7.09. The Hall–Kier alpha value is -4.81. The summed E-state index contributed by atoms with van der Waals surface area (Å²) < 4.78 is 0. The second kappa shape index (κ2) is 16.3. The number of aliphatic hydroxyl groups is 1. The summed E-state index contributed by atoms with van der Waals surface area (Å²) in [6.07, 6.45) is 4.48. The van der Waals surface area contributed by atoms with E-state index in [1.54, 1.807) is 16.5 Å². The van der Waals surface area contributed by atoms with Crippen LogP contribution in [0.15, 0.2) is 84.4 Å². The number of piperazine rings is 1. The maximum atomic E-state index is 14.1. The van der Waals surface area contributed by atoms with Crippen LogP contribution in [0.3, 0.4) is 0 Å². The molecule has 2 aliphatic heterocycles. The molecule has 4 aromatic rings. The number of aliphatic hydroxyl groups excluding tert-OH is 1. The van der Waals surface area contributed by atoms with Crippen molar-refractivity contribution in [1.29, 1.82) is 5.41 Å². The third-order valence-electron chi connectivity index (χ3n) is 9.79. The minimum atomic E-state index is -1.06. The number of amides is 3. The zero-order chi connectivity index (χ0) is 35.0. The molecule has 0 saturated carbocycles. The molecule has 4 atom stereocenters. The highest BCUT2D eigenvalue weighted by Crippen LogP contribution is 2.28. The van der Waals surface area contributed by atoms with Gasteiger partial charge in [0.1, 0.15) is 23.7 Å². The molecule has 6 rings (SSSR count). The molecule has 2 fully saturated rings. The molecule has 50 heavy (non-hydrogen) atoms. The van der Waals surface area contributed by atoms with Gasteiger partial charge in [-0.1, -0.05) is 72.8 Å². The molecule has 0 bridgehead atoms. The Morgan fingerprint density at radius 2 is 1.84 bits per heavy atom. The van der Waals surface area contributed by atoms with E-state index in [1.165, 1.54) is 21.8 Å². The maximum Gasteiger partial charge on any atom is 0.246 e. The summed E-state index contributed by atoms with van der Waals surface area (Å²) in [5.41, 5.74) is 7.85. The second-order valence-corrected chi connectivity index (χ2v) is 14.3. The average molecular weight is 696 g/mol. The number of aryl methyl sites for hydroxylation is 1. The van der Waals surface area contributed by atoms with Gasteiger partial charge in [0.05, 0.1) is 12.6 Å². The zero-order valence-electron chi connectivity index (χ0n) is 28.1. The molecule has 2 saturated heterocycles. The maximum absolute atomic E-state index is 14.1. The van der Waals surface area contributed by atoms with Crippen LogP contribution >= 0.6 is 11.3 Å². The first-order valence-corrected chi connectivity index (χ1v) is 18.2. The van der Waals surface area contributed by atoms with Crippen molar-refractivity contribution in [2.75, 3.05) is 32.7 Å². The van der Waals surface area contributed by atoms with Gasteiger partial charge in [0.2, 0.25) is 17.7 Å². The largest absolute Gasteiger partial charge is 0.384 e. The minimum Gasteiger partial charge on any atom is -0.384 e. The van der Waals surface area contributed by atoms with Crippen molar-refractivity contribution in [3.05, 3.63) is 101 Å². The normalized spacial score (nSPS) is 19.4. The van der Waals surface area contributed by atoms with Gasteiger partial charge < -0.3 is 30.9 Å². The van der Waals surface area contributed by atoms with Crippen molar-refractivity contribution < 1.29 is 19.5 Å². The lowest BCUT2D eigenvalue weighted by Crippen LogP contribution is -2.62. The van der Waals surface area contributed by atoms with E-state index in [1.807, 2.05) is 65.6 Å². The first-order chi connectivity index (χ1) is 24.2. The van der Waals surface area contributed by atoms with E-state index in [2.05, 4.69) is 22.4 Å². The SMILES string of the molecule is N=C(N)N1CCC[C@@H](C[C@H](NC(=O)CN2C(=O)CN(CCCc3ccccc3)C(=O)[C@H]2Cc2ccc3ccccc3c2)C(O)c2nccs2)C1. The third kappa shape index (κ3) is 8.67. The van der Waals surface area contributed by atoms with E-state index in [9.17, 15) is 19.5 Å². The Morgan fingerprint density at radius 3 is 2.60 bits per heavy atom. The quantitative estimate of drug-likeness (QED) is 0.123. The van der Waals surface area contributed by atoms with Crippen molar-refractivity contribution in [2.24, 2.45) is 11.7 Å². The zero-order valence-corrected chi connectivity index (χ0v) is 28.9. The van der Waals surface area contributed by atoms with Crippen molar-refractivity contribution in [2.45, 2.75) is 56.7 Å². The van der Waals surface area contributed by atoms with Crippen LogP contribution in [-0.4, -0.2) is 93.3 Å². The molecular formula is C38H45N7O4S. The van der Waals surface area contributed by atoms with Gasteiger partial charge in [-0.25, -0.2) is 4.98 Å². The van der Waals surface area contributed by atoms with Gasteiger partial charge >= 0.3 is 0 Å². The molecule has 3 aromatic carbocycles. The number of hydrogen-bond donors (Lipinski definition) is 4. The van der Waals surface area contributed by atoms with E-state index in [4.69, 9.17) is 11.1 Å². The summed E-state index contributed by atoms with van der Waals surface area (Å²) >= 11 is 1.31. The Labute approximate surface area is 296 Å². The number of piperidine rings is 1. The number of carbonyl (C=O) groups excluding carboxylic acids is 3. The second-order valence-electron chi connectivity index (χ2n) is 13.3. The first-order valence-electron chi connectivity index (χ1n) is 17.3. The van der Waals surface area contributed by atoms with E-state index in [0.717, 1.165) is 35.6 Å². The molecule has 1 aromatic heterocycles. The Kier molecular flexibility index (Phi) is 11.4. The van der Waals surface area contributed by atoms with Gasteiger partial charge in [-0.3, -0.25) is 19.8 Å². The molecular weight excluding hydrogens is 651 g/mol. The van der Waals surface area contributed by atoms with Gasteiger partial charge in [-0.15, -0.1) is 11.3 Å². The molecule has 0 radical (unpaired) electrons. The van der Waals surface area contributed by atoms with Crippen LogP contribution in [0.5, 0.6) is 0 Å². The summed E-state index contributed by atoms with van der Waals surface area (Å²) in [5, 5.41) is 26.6. The fraction of sp³-hybridized carbons (Fsp3) is 0.395. The van der Waals surface area contributed by atoms with Crippen LogP contribution in [0.2, 0.25) is 0 Å². The minimum absolute atomic E-state index is 0.00982.